The molecule has 27 heavy (non-hydrogen) atoms. The lowest BCUT2D eigenvalue weighted by Crippen LogP contribution is -2.13. The minimum Gasteiger partial charge on any atom is -0.302 e. The summed E-state index contributed by atoms with van der Waals surface area (Å²) in [7, 11) is 0. The molecule has 0 aliphatic carbocycles. The number of anilines is 1. The number of thiazole rings is 1. The van der Waals surface area contributed by atoms with Crippen LogP contribution < -0.4 is 5.32 Å². The Morgan fingerprint density at radius 2 is 1.70 bits per heavy atom. The first-order chi connectivity index (χ1) is 12.9. The highest BCUT2D eigenvalue weighted by molar-refractivity contribution is 7.14. The van der Waals surface area contributed by atoms with Gasteiger partial charge in [0.25, 0.3) is 0 Å². The number of aromatic nitrogens is 1. The Kier molecular flexibility index (Phi) is 5.81. The lowest BCUT2D eigenvalue weighted by atomic mass is 10.1. The smallest absolute Gasteiger partial charge is 0.226 e. The van der Waals surface area contributed by atoms with E-state index in [2.05, 4.69) is 36.3 Å². The lowest BCUT2D eigenvalue weighted by Gasteiger charge is -2.03. The van der Waals surface area contributed by atoms with Crippen molar-refractivity contribution in [3.05, 3.63) is 70.1 Å². The number of benzene rings is 2. The molecular formula is C22H22N2O2S. The van der Waals surface area contributed by atoms with E-state index in [4.69, 9.17) is 0 Å². The zero-order valence-electron chi connectivity index (χ0n) is 15.7. The fraction of sp³-hybridized carbons (Fsp3) is 0.227. The number of carbonyl (C=O) groups excluding carboxylic acids is 2. The standard InChI is InChI=1S/C22H22N2O2S/c1-14-4-7-17(8-5-14)20(25)10-11-21(26)24-22-23-19(13-27-22)18-9-6-15(2)16(3)12-18/h4-9,12-13H,10-11H2,1-3H3,(H,23,24,26). The van der Waals surface area contributed by atoms with E-state index in [1.165, 1.54) is 22.5 Å². The molecule has 0 aliphatic heterocycles. The maximum absolute atomic E-state index is 12.2. The van der Waals surface area contributed by atoms with E-state index >= 15 is 0 Å². The molecule has 5 heteroatoms. The average Bonchev–Trinajstić information content (AvgIpc) is 3.11. The Balaban J connectivity index is 1.57. The Hall–Kier alpha value is -2.79. The zero-order valence-corrected chi connectivity index (χ0v) is 16.5. The molecule has 0 radical (unpaired) electrons. The van der Waals surface area contributed by atoms with Crippen LogP contribution in [0.4, 0.5) is 5.13 Å². The van der Waals surface area contributed by atoms with E-state index in [0.717, 1.165) is 16.8 Å². The number of Topliss-reactive ketones (excluding diaryl/α,β-unsaturated/α-hetero) is 1. The van der Waals surface area contributed by atoms with Crippen molar-refractivity contribution in [3.8, 4) is 11.3 Å². The van der Waals surface area contributed by atoms with Crippen molar-refractivity contribution in [1.82, 2.24) is 4.98 Å². The van der Waals surface area contributed by atoms with Gasteiger partial charge in [-0.25, -0.2) is 4.98 Å². The van der Waals surface area contributed by atoms with Crippen LogP contribution >= 0.6 is 11.3 Å². The predicted octanol–water partition coefficient (Wildman–Crippen LogP) is 5.34. The van der Waals surface area contributed by atoms with Gasteiger partial charge in [0.1, 0.15) is 0 Å². The normalized spacial score (nSPS) is 10.6. The summed E-state index contributed by atoms with van der Waals surface area (Å²) in [6.07, 6.45) is 0.329. The number of rotatable bonds is 6. The van der Waals surface area contributed by atoms with Gasteiger partial charge >= 0.3 is 0 Å². The molecule has 3 aromatic rings. The summed E-state index contributed by atoms with van der Waals surface area (Å²) < 4.78 is 0. The molecule has 1 heterocycles. The average molecular weight is 378 g/mol. The molecule has 0 fully saturated rings. The van der Waals surface area contributed by atoms with E-state index in [9.17, 15) is 9.59 Å². The summed E-state index contributed by atoms with van der Waals surface area (Å²) in [4.78, 5) is 28.8. The molecule has 1 aromatic heterocycles. The van der Waals surface area contributed by atoms with Crippen molar-refractivity contribution in [2.45, 2.75) is 33.6 Å². The van der Waals surface area contributed by atoms with Gasteiger partial charge in [-0.1, -0.05) is 42.0 Å². The van der Waals surface area contributed by atoms with Gasteiger partial charge in [0.05, 0.1) is 5.69 Å². The third kappa shape index (κ3) is 4.89. The van der Waals surface area contributed by atoms with E-state index in [1.54, 1.807) is 12.1 Å². The molecule has 4 nitrogen and oxygen atoms in total. The first-order valence-electron chi connectivity index (χ1n) is 8.85. The van der Waals surface area contributed by atoms with E-state index in [1.807, 2.05) is 30.5 Å². The molecule has 2 aromatic carbocycles. The summed E-state index contributed by atoms with van der Waals surface area (Å²) in [5.74, 6) is -0.225. The number of hydrogen-bond acceptors (Lipinski definition) is 4. The van der Waals surface area contributed by atoms with E-state index in [-0.39, 0.29) is 24.5 Å². The van der Waals surface area contributed by atoms with Crippen LogP contribution in [0.5, 0.6) is 0 Å². The van der Waals surface area contributed by atoms with Crippen LogP contribution in [0.1, 0.15) is 39.9 Å². The van der Waals surface area contributed by atoms with Gasteiger partial charge in [-0.3, -0.25) is 9.59 Å². The van der Waals surface area contributed by atoms with Crippen LogP contribution in [-0.4, -0.2) is 16.7 Å². The number of carbonyl (C=O) groups is 2. The Labute approximate surface area is 163 Å². The van der Waals surface area contributed by atoms with E-state index in [0.29, 0.717) is 10.7 Å². The van der Waals surface area contributed by atoms with Gasteiger partial charge in [-0.15, -0.1) is 11.3 Å². The first kappa shape index (κ1) is 19.0. The molecule has 3 rings (SSSR count). The second kappa shape index (κ2) is 8.27. The highest BCUT2D eigenvalue weighted by atomic mass is 32.1. The maximum atomic E-state index is 12.2. The summed E-state index contributed by atoms with van der Waals surface area (Å²) in [6.45, 7) is 6.12. The molecule has 0 aliphatic rings. The first-order valence-corrected chi connectivity index (χ1v) is 9.73. The maximum Gasteiger partial charge on any atom is 0.226 e. The summed E-state index contributed by atoms with van der Waals surface area (Å²) in [6, 6.07) is 13.6. The monoisotopic (exact) mass is 378 g/mol. The minimum atomic E-state index is -0.198. The molecule has 0 unspecified atom stereocenters. The van der Waals surface area contributed by atoms with Crippen LogP contribution in [0.2, 0.25) is 0 Å². The van der Waals surface area contributed by atoms with Crippen molar-refractivity contribution in [1.29, 1.82) is 0 Å². The quantitative estimate of drug-likeness (QED) is 0.589. The van der Waals surface area contributed by atoms with Crippen LogP contribution in [0.25, 0.3) is 11.3 Å². The number of amides is 1. The van der Waals surface area contributed by atoms with Crippen molar-refractivity contribution < 1.29 is 9.59 Å². The molecule has 1 amide bonds. The molecule has 0 saturated heterocycles. The molecular weight excluding hydrogens is 356 g/mol. The largest absolute Gasteiger partial charge is 0.302 e. The predicted molar refractivity (Wildman–Crippen MR) is 110 cm³/mol. The van der Waals surface area contributed by atoms with Crippen LogP contribution in [0, 0.1) is 20.8 Å². The van der Waals surface area contributed by atoms with Gasteiger partial charge in [-0.05, 0) is 38.0 Å². The molecule has 1 N–H and O–H groups in total. The summed E-state index contributed by atoms with van der Waals surface area (Å²) in [5.41, 5.74) is 6.06. The number of nitrogens with one attached hydrogen (secondary N) is 1. The van der Waals surface area contributed by atoms with Gasteiger partial charge < -0.3 is 5.32 Å². The molecule has 0 saturated carbocycles. The van der Waals surface area contributed by atoms with Crippen LogP contribution in [0.3, 0.4) is 0 Å². The Morgan fingerprint density at radius 3 is 2.41 bits per heavy atom. The number of nitrogens with zero attached hydrogens (tertiary/aromatic N) is 1. The van der Waals surface area contributed by atoms with Gasteiger partial charge in [0.15, 0.2) is 10.9 Å². The Bertz CT molecular complexity index is 974. The lowest BCUT2D eigenvalue weighted by molar-refractivity contribution is -0.116. The number of hydrogen-bond donors (Lipinski definition) is 1. The topological polar surface area (TPSA) is 59.1 Å². The zero-order chi connectivity index (χ0) is 19.4. The van der Waals surface area contributed by atoms with Crippen molar-refractivity contribution in [3.63, 3.8) is 0 Å². The van der Waals surface area contributed by atoms with Crippen LogP contribution in [0.15, 0.2) is 47.8 Å². The van der Waals surface area contributed by atoms with Gasteiger partial charge in [-0.2, -0.15) is 0 Å². The third-order valence-corrected chi connectivity index (χ3v) is 5.26. The fourth-order valence-corrected chi connectivity index (χ4v) is 3.39. The summed E-state index contributed by atoms with van der Waals surface area (Å²) in [5, 5.41) is 5.27. The molecule has 0 bridgehead atoms. The molecule has 0 atom stereocenters. The number of aryl methyl sites for hydroxylation is 3. The third-order valence-electron chi connectivity index (χ3n) is 4.51. The summed E-state index contributed by atoms with van der Waals surface area (Å²) >= 11 is 1.39. The van der Waals surface area contributed by atoms with Crippen molar-refractivity contribution in [2.75, 3.05) is 5.32 Å². The van der Waals surface area contributed by atoms with Gasteiger partial charge in [0, 0.05) is 29.3 Å². The molecule has 138 valence electrons. The number of ketones is 1. The minimum absolute atomic E-state index is 0.0277. The van der Waals surface area contributed by atoms with Crippen molar-refractivity contribution >= 4 is 28.2 Å². The van der Waals surface area contributed by atoms with Gasteiger partial charge in [0.2, 0.25) is 5.91 Å². The highest BCUT2D eigenvalue weighted by Gasteiger charge is 2.12. The highest BCUT2D eigenvalue weighted by Crippen LogP contribution is 2.26. The second-order valence-electron chi connectivity index (χ2n) is 6.67. The van der Waals surface area contributed by atoms with Crippen molar-refractivity contribution in [2.24, 2.45) is 0 Å². The molecule has 0 spiro atoms. The fourth-order valence-electron chi connectivity index (χ4n) is 2.66. The van der Waals surface area contributed by atoms with E-state index < -0.39 is 0 Å². The SMILES string of the molecule is Cc1ccc(C(=O)CCC(=O)Nc2nc(-c3ccc(C)c(C)c3)cs2)cc1. The Morgan fingerprint density at radius 1 is 0.963 bits per heavy atom. The second-order valence-corrected chi connectivity index (χ2v) is 7.53. The van der Waals surface area contributed by atoms with Crippen LogP contribution in [-0.2, 0) is 4.79 Å².